The highest BCUT2D eigenvalue weighted by molar-refractivity contribution is 5.98. The quantitative estimate of drug-likeness (QED) is 0.713. The van der Waals surface area contributed by atoms with Gasteiger partial charge in [0.05, 0.1) is 5.92 Å². The van der Waals surface area contributed by atoms with E-state index < -0.39 is 0 Å². The van der Waals surface area contributed by atoms with Gasteiger partial charge in [-0.05, 0) is 26.7 Å². The predicted molar refractivity (Wildman–Crippen MR) is 56.3 cm³/mol. The number of urea groups is 1. The van der Waals surface area contributed by atoms with Crippen LogP contribution in [0.1, 0.15) is 39.5 Å². The van der Waals surface area contributed by atoms with Crippen molar-refractivity contribution in [2.75, 3.05) is 0 Å². The number of imide groups is 1. The van der Waals surface area contributed by atoms with Crippen molar-refractivity contribution in [3.05, 3.63) is 0 Å². The third-order valence-corrected chi connectivity index (χ3v) is 3.44. The summed E-state index contributed by atoms with van der Waals surface area (Å²) in [5.74, 6) is -0.0413. The molecule has 0 aromatic rings. The maximum absolute atomic E-state index is 11.7. The molecule has 15 heavy (non-hydrogen) atoms. The van der Waals surface area contributed by atoms with Crippen LogP contribution in [0.5, 0.6) is 0 Å². The Kier molecular flexibility index (Phi) is 2.67. The molecule has 1 N–H and O–H groups in total. The van der Waals surface area contributed by atoms with Crippen LogP contribution in [-0.4, -0.2) is 28.9 Å². The van der Waals surface area contributed by atoms with E-state index in [1.807, 2.05) is 18.7 Å². The Labute approximate surface area is 90.0 Å². The Bertz CT molecular complexity index is 288. The zero-order valence-corrected chi connectivity index (χ0v) is 9.32. The summed E-state index contributed by atoms with van der Waals surface area (Å²) in [7, 11) is 0. The Morgan fingerprint density at radius 2 is 1.93 bits per heavy atom. The van der Waals surface area contributed by atoms with Gasteiger partial charge in [-0.25, -0.2) is 4.79 Å². The van der Waals surface area contributed by atoms with Gasteiger partial charge < -0.3 is 4.90 Å². The second-order valence-electron chi connectivity index (χ2n) is 4.75. The molecule has 0 radical (unpaired) electrons. The molecule has 2 rings (SSSR count). The van der Waals surface area contributed by atoms with Gasteiger partial charge in [-0.3, -0.25) is 10.1 Å². The Morgan fingerprint density at radius 1 is 1.27 bits per heavy atom. The Morgan fingerprint density at radius 3 is 2.60 bits per heavy atom. The molecule has 1 heterocycles. The number of carbonyl (C=O) groups is 2. The molecule has 2 aliphatic rings. The molecule has 4 nitrogen and oxygen atoms in total. The van der Waals surface area contributed by atoms with Crippen LogP contribution in [-0.2, 0) is 4.79 Å². The molecular formula is C11H18N2O2. The molecule has 0 aromatic heterocycles. The first kappa shape index (κ1) is 10.5. The fraction of sp³-hybridized carbons (Fsp3) is 0.818. The minimum Gasteiger partial charge on any atom is -0.318 e. The maximum Gasteiger partial charge on any atom is 0.324 e. The van der Waals surface area contributed by atoms with Crippen molar-refractivity contribution in [3.63, 3.8) is 0 Å². The van der Waals surface area contributed by atoms with E-state index in [-0.39, 0.29) is 29.9 Å². The molecule has 3 amide bonds. The SMILES string of the molecule is CC(C)N1C(=O)NC(=O)C2CCCCC21. The lowest BCUT2D eigenvalue weighted by Gasteiger charge is -2.44. The summed E-state index contributed by atoms with van der Waals surface area (Å²) >= 11 is 0. The van der Waals surface area contributed by atoms with Crippen LogP contribution in [0.15, 0.2) is 0 Å². The Hall–Kier alpha value is -1.06. The second-order valence-corrected chi connectivity index (χ2v) is 4.75. The lowest BCUT2D eigenvalue weighted by molar-refractivity contribution is -0.129. The molecule has 2 atom stereocenters. The van der Waals surface area contributed by atoms with Crippen LogP contribution in [0, 0.1) is 5.92 Å². The van der Waals surface area contributed by atoms with Crippen LogP contribution >= 0.6 is 0 Å². The van der Waals surface area contributed by atoms with E-state index in [0.717, 1.165) is 25.7 Å². The summed E-state index contributed by atoms with van der Waals surface area (Å²) in [6.07, 6.45) is 4.13. The zero-order valence-electron chi connectivity index (χ0n) is 9.32. The van der Waals surface area contributed by atoms with E-state index in [0.29, 0.717) is 0 Å². The molecular weight excluding hydrogens is 192 g/mol. The van der Waals surface area contributed by atoms with Gasteiger partial charge in [-0.2, -0.15) is 0 Å². The fourth-order valence-corrected chi connectivity index (χ4v) is 2.78. The first-order valence-electron chi connectivity index (χ1n) is 5.74. The standard InChI is InChI=1S/C11H18N2O2/c1-7(2)13-9-6-4-3-5-8(9)10(14)12-11(13)15/h7-9H,3-6H2,1-2H3,(H,12,14,15). The molecule has 1 saturated heterocycles. The highest BCUT2D eigenvalue weighted by atomic mass is 16.2. The van der Waals surface area contributed by atoms with E-state index in [4.69, 9.17) is 0 Å². The lowest BCUT2D eigenvalue weighted by Crippen LogP contribution is -2.62. The molecule has 84 valence electrons. The zero-order chi connectivity index (χ0) is 11.0. The predicted octanol–water partition coefficient (Wildman–Crippen LogP) is 1.51. The van der Waals surface area contributed by atoms with Crippen LogP contribution in [0.4, 0.5) is 4.79 Å². The highest BCUT2D eigenvalue weighted by Crippen LogP contribution is 2.32. The van der Waals surface area contributed by atoms with Crippen LogP contribution in [0.2, 0.25) is 0 Å². The van der Waals surface area contributed by atoms with Crippen molar-refractivity contribution in [2.24, 2.45) is 5.92 Å². The minimum atomic E-state index is -0.210. The highest BCUT2D eigenvalue weighted by Gasteiger charge is 2.43. The van der Waals surface area contributed by atoms with Crippen molar-refractivity contribution in [3.8, 4) is 0 Å². The van der Waals surface area contributed by atoms with Crippen LogP contribution in [0.3, 0.4) is 0 Å². The third kappa shape index (κ3) is 1.73. The first-order valence-corrected chi connectivity index (χ1v) is 5.74. The van der Waals surface area contributed by atoms with Crippen molar-refractivity contribution < 1.29 is 9.59 Å². The molecule has 2 fully saturated rings. The maximum atomic E-state index is 11.7. The van der Waals surface area contributed by atoms with E-state index in [2.05, 4.69) is 5.32 Å². The summed E-state index contributed by atoms with van der Waals surface area (Å²) < 4.78 is 0. The van der Waals surface area contributed by atoms with Gasteiger partial charge in [0.2, 0.25) is 5.91 Å². The van der Waals surface area contributed by atoms with Gasteiger partial charge in [0, 0.05) is 12.1 Å². The minimum absolute atomic E-state index is 0.0267. The Balaban J connectivity index is 2.23. The van der Waals surface area contributed by atoms with Crippen molar-refractivity contribution in [1.82, 2.24) is 10.2 Å². The van der Waals surface area contributed by atoms with Gasteiger partial charge in [0.15, 0.2) is 0 Å². The topological polar surface area (TPSA) is 49.4 Å². The van der Waals surface area contributed by atoms with Crippen molar-refractivity contribution in [2.45, 2.75) is 51.6 Å². The first-order chi connectivity index (χ1) is 7.11. The number of hydrogen-bond donors (Lipinski definition) is 1. The summed E-state index contributed by atoms with van der Waals surface area (Å²) in [5.41, 5.74) is 0. The number of rotatable bonds is 1. The van der Waals surface area contributed by atoms with Crippen molar-refractivity contribution >= 4 is 11.9 Å². The van der Waals surface area contributed by atoms with E-state index in [9.17, 15) is 9.59 Å². The smallest absolute Gasteiger partial charge is 0.318 e. The fourth-order valence-electron chi connectivity index (χ4n) is 2.78. The number of nitrogens with zero attached hydrogens (tertiary/aromatic N) is 1. The average Bonchev–Trinajstić information content (AvgIpc) is 2.17. The van der Waals surface area contributed by atoms with Gasteiger partial charge in [-0.15, -0.1) is 0 Å². The van der Waals surface area contributed by atoms with Crippen LogP contribution in [0.25, 0.3) is 0 Å². The number of hydrogen-bond acceptors (Lipinski definition) is 2. The number of carbonyl (C=O) groups excluding carboxylic acids is 2. The van der Waals surface area contributed by atoms with E-state index >= 15 is 0 Å². The lowest BCUT2D eigenvalue weighted by atomic mass is 9.81. The summed E-state index contributed by atoms with van der Waals surface area (Å²) in [4.78, 5) is 25.2. The van der Waals surface area contributed by atoms with E-state index in [1.165, 1.54) is 0 Å². The second kappa shape index (κ2) is 3.83. The summed E-state index contributed by atoms with van der Waals surface area (Å²) in [5, 5.41) is 2.46. The van der Waals surface area contributed by atoms with E-state index in [1.54, 1.807) is 0 Å². The monoisotopic (exact) mass is 210 g/mol. The summed E-state index contributed by atoms with van der Waals surface area (Å²) in [6, 6.07) is 0.0989. The number of nitrogens with one attached hydrogen (secondary N) is 1. The van der Waals surface area contributed by atoms with Gasteiger partial charge in [0.1, 0.15) is 0 Å². The van der Waals surface area contributed by atoms with Crippen molar-refractivity contribution in [1.29, 1.82) is 0 Å². The summed E-state index contributed by atoms with van der Waals surface area (Å²) in [6.45, 7) is 4.00. The molecule has 4 heteroatoms. The van der Waals surface area contributed by atoms with Crippen LogP contribution < -0.4 is 5.32 Å². The largest absolute Gasteiger partial charge is 0.324 e. The third-order valence-electron chi connectivity index (χ3n) is 3.44. The molecule has 2 unspecified atom stereocenters. The normalized spacial score (nSPS) is 31.5. The van der Waals surface area contributed by atoms with Gasteiger partial charge in [-0.1, -0.05) is 12.8 Å². The number of amides is 3. The molecule has 1 aliphatic heterocycles. The number of fused-ring (bicyclic) bond motifs is 1. The molecule has 1 aliphatic carbocycles. The molecule has 0 aromatic carbocycles. The molecule has 0 bridgehead atoms. The van der Waals surface area contributed by atoms with Gasteiger partial charge in [0.25, 0.3) is 0 Å². The molecule has 0 spiro atoms. The molecule has 1 saturated carbocycles. The average molecular weight is 210 g/mol. The van der Waals surface area contributed by atoms with Gasteiger partial charge >= 0.3 is 6.03 Å².